The van der Waals surface area contributed by atoms with Crippen LogP contribution in [-0.4, -0.2) is 26.9 Å². The van der Waals surface area contributed by atoms with E-state index in [1.165, 1.54) is 19.3 Å². The van der Waals surface area contributed by atoms with Crippen molar-refractivity contribution < 1.29 is 14.7 Å². The first-order valence-corrected chi connectivity index (χ1v) is 9.46. The second-order valence-corrected chi connectivity index (χ2v) is 7.08. The third kappa shape index (κ3) is 5.32. The van der Waals surface area contributed by atoms with Crippen LogP contribution in [0.15, 0.2) is 30.3 Å². The van der Waals surface area contributed by atoms with Crippen molar-refractivity contribution in [2.24, 2.45) is 0 Å². The summed E-state index contributed by atoms with van der Waals surface area (Å²) in [6.45, 7) is 2.01. The lowest BCUT2D eigenvalue weighted by molar-refractivity contribution is -0.136. The Balaban J connectivity index is 1.59. The zero-order valence-corrected chi connectivity index (χ0v) is 15.6. The minimum atomic E-state index is -0.838. The molecule has 1 heterocycles. The number of urea groups is 1. The summed E-state index contributed by atoms with van der Waals surface area (Å²) in [4.78, 5) is 23.0. The maximum absolute atomic E-state index is 12.3. The van der Waals surface area contributed by atoms with Crippen molar-refractivity contribution >= 4 is 23.5 Å². The van der Waals surface area contributed by atoms with Crippen LogP contribution >= 0.6 is 0 Å². The molecule has 0 unspecified atom stereocenters. The summed E-state index contributed by atoms with van der Waals surface area (Å²) in [5.41, 5.74) is 2.54. The van der Waals surface area contributed by atoms with E-state index in [0.717, 1.165) is 24.1 Å². The largest absolute Gasteiger partial charge is 0.481 e. The topological polar surface area (TPSA) is 96.2 Å². The minimum Gasteiger partial charge on any atom is -0.481 e. The molecule has 0 radical (unpaired) electrons. The van der Waals surface area contributed by atoms with Crippen LogP contribution in [0.4, 0.5) is 16.3 Å². The molecule has 1 aliphatic carbocycles. The van der Waals surface area contributed by atoms with E-state index in [9.17, 15) is 9.59 Å². The molecule has 2 aromatic rings. The number of nitrogens with one attached hydrogen (secondary N) is 2. The van der Waals surface area contributed by atoms with E-state index in [1.807, 2.05) is 23.7 Å². The smallest absolute Gasteiger partial charge is 0.324 e. The summed E-state index contributed by atoms with van der Waals surface area (Å²) in [5, 5.41) is 18.9. The first-order valence-electron chi connectivity index (χ1n) is 9.46. The number of aliphatic carboxylic acids is 1. The molecule has 2 amide bonds. The van der Waals surface area contributed by atoms with Crippen LogP contribution < -0.4 is 10.6 Å². The van der Waals surface area contributed by atoms with E-state index in [-0.39, 0.29) is 12.5 Å². The van der Waals surface area contributed by atoms with Crippen molar-refractivity contribution in [3.8, 4) is 0 Å². The van der Waals surface area contributed by atoms with Crippen LogP contribution in [0.1, 0.15) is 55.8 Å². The standard InChI is InChI=1S/C20H26N4O3/c1-14-12-18(23-24(14)17-8-3-2-4-9-17)22-20(27)21-16-7-5-6-15(13-16)10-11-19(25)26/h5-7,12-13,17H,2-4,8-11H2,1H3,(H,25,26)(H2,21,22,23,27). The van der Waals surface area contributed by atoms with Gasteiger partial charge in [-0.3, -0.25) is 14.8 Å². The third-order valence-electron chi connectivity index (χ3n) is 4.90. The summed E-state index contributed by atoms with van der Waals surface area (Å²) < 4.78 is 2.03. The summed E-state index contributed by atoms with van der Waals surface area (Å²) in [5.74, 6) is -0.298. The number of nitrogens with zero attached hydrogens (tertiary/aromatic N) is 2. The molecule has 0 saturated heterocycles. The molecule has 27 heavy (non-hydrogen) atoms. The van der Waals surface area contributed by atoms with E-state index in [0.29, 0.717) is 24.0 Å². The molecule has 1 aromatic carbocycles. The molecule has 0 spiro atoms. The average Bonchev–Trinajstić information content (AvgIpc) is 3.01. The number of carbonyl (C=O) groups is 2. The van der Waals surface area contributed by atoms with Gasteiger partial charge in [-0.25, -0.2) is 4.79 Å². The van der Waals surface area contributed by atoms with Gasteiger partial charge in [-0.15, -0.1) is 0 Å². The van der Waals surface area contributed by atoms with Crippen LogP contribution in [0.5, 0.6) is 0 Å². The molecule has 1 aliphatic rings. The number of amides is 2. The predicted molar refractivity (Wildman–Crippen MR) is 104 cm³/mol. The van der Waals surface area contributed by atoms with Crippen molar-refractivity contribution in [3.05, 3.63) is 41.6 Å². The lowest BCUT2D eigenvalue weighted by Gasteiger charge is -2.23. The molecule has 0 aliphatic heterocycles. The summed E-state index contributed by atoms with van der Waals surface area (Å²) >= 11 is 0. The molecular weight excluding hydrogens is 344 g/mol. The van der Waals surface area contributed by atoms with E-state index < -0.39 is 5.97 Å². The molecule has 144 valence electrons. The highest BCUT2D eigenvalue weighted by Gasteiger charge is 2.19. The zero-order valence-electron chi connectivity index (χ0n) is 15.6. The number of carboxylic acids is 1. The van der Waals surface area contributed by atoms with Gasteiger partial charge in [0.1, 0.15) is 0 Å². The van der Waals surface area contributed by atoms with Crippen LogP contribution in [0.25, 0.3) is 0 Å². The molecule has 1 fully saturated rings. The fourth-order valence-electron chi connectivity index (χ4n) is 3.58. The monoisotopic (exact) mass is 370 g/mol. The molecule has 3 rings (SSSR count). The summed E-state index contributed by atoms with van der Waals surface area (Å²) in [6, 6.07) is 9.15. The van der Waals surface area contributed by atoms with Crippen molar-refractivity contribution in [3.63, 3.8) is 0 Å². The highest BCUT2D eigenvalue weighted by molar-refractivity contribution is 5.99. The maximum atomic E-state index is 12.3. The Morgan fingerprint density at radius 2 is 1.96 bits per heavy atom. The van der Waals surface area contributed by atoms with Gasteiger partial charge in [0.15, 0.2) is 5.82 Å². The van der Waals surface area contributed by atoms with Crippen LogP contribution in [0.2, 0.25) is 0 Å². The Bertz CT molecular complexity index is 809. The highest BCUT2D eigenvalue weighted by atomic mass is 16.4. The second-order valence-electron chi connectivity index (χ2n) is 7.08. The van der Waals surface area contributed by atoms with Crippen molar-refractivity contribution in [2.45, 2.75) is 57.9 Å². The Labute approximate surface area is 158 Å². The Morgan fingerprint density at radius 3 is 2.70 bits per heavy atom. The molecule has 7 nitrogen and oxygen atoms in total. The Hall–Kier alpha value is -2.83. The average molecular weight is 370 g/mol. The fourth-order valence-corrected chi connectivity index (χ4v) is 3.58. The fraction of sp³-hybridized carbons (Fsp3) is 0.450. The number of carbonyl (C=O) groups excluding carboxylic acids is 1. The van der Waals surface area contributed by atoms with Crippen LogP contribution in [-0.2, 0) is 11.2 Å². The molecule has 0 atom stereocenters. The first kappa shape index (κ1) is 18.9. The van der Waals surface area contributed by atoms with Gasteiger partial charge in [0.25, 0.3) is 0 Å². The van der Waals surface area contributed by atoms with Gasteiger partial charge in [0.2, 0.25) is 0 Å². The maximum Gasteiger partial charge on any atom is 0.324 e. The number of rotatable bonds is 6. The lowest BCUT2D eigenvalue weighted by Crippen LogP contribution is -2.20. The van der Waals surface area contributed by atoms with Gasteiger partial charge in [-0.1, -0.05) is 31.4 Å². The highest BCUT2D eigenvalue weighted by Crippen LogP contribution is 2.29. The van der Waals surface area contributed by atoms with Crippen LogP contribution in [0.3, 0.4) is 0 Å². The summed E-state index contributed by atoms with van der Waals surface area (Å²) in [6.07, 6.45) is 6.51. The van der Waals surface area contributed by atoms with Gasteiger partial charge >= 0.3 is 12.0 Å². The first-order chi connectivity index (χ1) is 13.0. The Kier molecular flexibility index (Phi) is 6.11. The van der Waals surface area contributed by atoms with E-state index >= 15 is 0 Å². The number of hydrogen-bond acceptors (Lipinski definition) is 3. The number of benzene rings is 1. The van der Waals surface area contributed by atoms with Crippen LogP contribution in [0, 0.1) is 6.92 Å². The van der Waals surface area contributed by atoms with Gasteiger partial charge in [-0.05, 0) is 43.9 Å². The normalized spacial score (nSPS) is 14.7. The lowest BCUT2D eigenvalue weighted by atomic mass is 9.95. The minimum absolute atomic E-state index is 0.0630. The molecule has 0 bridgehead atoms. The number of aromatic nitrogens is 2. The number of aryl methyl sites for hydroxylation is 2. The van der Waals surface area contributed by atoms with Gasteiger partial charge in [-0.2, -0.15) is 5.10 Å². The van der Waals surface area contributed by atoms with Gasteiger partial charge < -0.3 is 10.4 Å². The van der Waals surface area contributed by atoms with Crippen molar-refractivity contribution in [1.29, 1.82) is 0 Å². The summed E-state index contributed by atoms with van der Waals surface area (Å²) in [7, 11) is 0. The predicted octanol–water partition coefficient (Wildman–Crippen LogP) is 4.36. The molecule has 3 N–H and O–H groups in total. The van der Waals surface area contributed by atoms with Crippen molar-refractivity contribution in [1.82, 2.24) is 9.78 Å². The quantitative estimate of drug-likeness (QED) is 0.704. The second kappa shape index (κ2) is 8.70. The Morgan fingerprint density at radius 1 is 1.19 bits per heavy atom. The number of anilines is 2. The van der Waals surface area contributed by atoms with E-state index in [2.05, 4.69) is 15.7 Å². The molecule has 1 aromatic heterocycles. The number of carboxylic acid groups (broad SMARTS) is 1. The zero-order chi connectivity index (χ0) is 19.2. The third-order valence-corrected chi connectivity index (χ3v) is 4.90. The van der Waals surface area contributed by atoms with Gasteiger partial charge in [0.05, 0.1) is 6.04 Å². The van der Waals surface area contributed by atoms with E-state index in [1.54, 1.807) is 18.2 Å². The van der Waals surface area contributed by atoms with Gasteiger partial charge in [0, 0.05) is 23.9 Å². The molecular formula is C20H26N4O3. The number of hydrogen-bond donors (Lipinski definition) is 3. The molecule has 1 saturated carbocycles. The molecule has 7 heteroatoms. The van der Waals surface area contributed by atoms with E-state index in [4.69, 9.17) is 5.11 Å². The van der Waals surface area contributed by atoms with Crippen molar-refractivity contribution in [2.75, 3.05) is 10.6 Å². The SMILES string of the molecule is Cc1cc(NC(=O)Nc2cccc(CCC(=O)O)c2)nn1C1CCCCC1.